The van der Waals surface area contributed by atoms with E-state index in [1.54, 1.807) is 11.1 Å². The molecule has 4 aromatic rings. The monoisotopic (exact) mass is 542 g/mol. The highest BCUT2D eigenvalue weighted by Gasteiger charge is 2.35. The van der Waals surface area contributed by atoms with Crippen molar-refractivity contribution in [2.75, 3.05) is 18.4 Å². The normalized spacial score (nSPS) is 14.1. The van der Waals surface area contributed by atoms with Gasteiger partial charge in [-0.3, -0.25) is 0 Å². The number of hydrogen-bond donors (Lipinski definition) is 1. The zero-order valence-corrected chi connectivity index (χ0v) is 22.5. The molecule has 1 fully saturated rings. The number of nitrogens with zero attached hydrogens (tertiary/aromatic N) is 5. The number of thiazole rings is 1. The van der Waals surface area contributed by atoms with Crippen LogP contribution in [-0.2, 0) is 4.74 Å². The number of hydrogen-bond acceptors (Lipinski definition) is 8. The number of anilines is 2. The van der Waals surface area contributed by atoms with Crippen molar-refractivity contribution in [1.82, 2.24) is 24.8 Å². The van der Waals surface area contributed by atoms with Gasteiger partial charge in [-0.25, -0.2) is 24.7 Å². The number of carbonyl (C=O) groups excluding carboxylic acids is 1. The Bertz CT molecular complexity index is 1440. The molecule has 186 valence electrons. The van der Waals surface area contributed by atoms with Gasteiger partial charge in [0.05, 0.1) is 20.3 Å². The summed E-state index contributed by atoms with van der Waals surface area (Å²) in [6, 6.07) is 7.51. The van der Waals surface area contributed by atoms with E-state index in [1.807, 2.05) is 52.0 Å². The van der Waals surface area contributed by atoms with Gasteiger partial charge in [0.15, 0.2) is 5.82 Å². The van der Waals surface area contributed by atoms with Crippen molar-refractivity contribution in [3.8, 4) is 10.6 Å². The van der Waals surface area contributed by atoms with Gasteiger partial charge in [0.25, 0.3) is 0 Å². The molecule has 0 bridgehead atoms. The molecular weight excluding hydrogens is 519 g/mol. The van der Waals surface area contributed by atoms with E-state index in [-0.39, 0.29) is 12.0 Å². The fourth-order valence-electron chi connectivity index (χ4n) is 3.89. The number of fused-ring (bicyclic) bond motifs is 1. The second kappa shape index (κ2) is 9.46. The molecule has 1 aliphatic rings. The molecule has 0 atom stereocenters. The zero-order valence-electron chi connectivity index (χ0n) is 20.2. The molecule has 5 rings (SSSR count). The maximum absolute atomic E-state index is 12.3. The van der Waals surface area contributed by atoms with Gasteiger partial charge in [0, 0.05) is 42.5 Å². The van der Waals surface area contributed by atoms with Crippen molar-refractivity contribution in [3.63, 3.8) is 0 Å². The largest absolute Gasteiger partial charge is 0.444 e. The van der Waals surface area contributed by atoms with E-state index in [0.717, 1.165) is 21.5 Å². The first-order valence-corrected chi connectivity index (χ1v) is 12.9. The summed E-state index contributed by atoms with van der Waals surface area (Å²) in [7, 11) is 0. The van der Waals surface area contributed by atoms with E-state index in [9.17, 15) is 4.79 Å². The fourth-order valence-corrected chi connectivity index (χ4v) is 5.77. The van der Waals surface area contributed by atoms with Crippen molar-refractivity contribution >= 4 is 62.5 Å². The van der Waals surface area contributed by atoms with Crippen LogP contribution in [0.5, 0.6) is 0 Å². The molecular formula is C25H24Cl2N6O2S. The SMILES string of the molecule is Cc1cc(Nc2nccc3nc(-c4c(Cl)cc(C5CN(C(=O)OC(C)(C)C)C5)cc4Cl)sc23)ncn1. The number of likely N-dealkylation sites (tertiary alicyclic amines) is 1. The Balaban J connectivity index is 1.38. The summed E-state index contributed by atoms with van der Waals surface area (Å²) < 4.78 is 6.31. The Morgan fingerprint density at radius 3 is 2.53 bits per heavy atom. The van der Waals surface area contributed by atoms with Crippen molar-refractivity contribution in [2.45, 2.75) is 39.2 Å². The van der Waals surface area contributed by atoms with E-state index >= 15 is 0 Å². The van der Waals surface area contributed by atoms with Crippen LogP contribution in [0.2, 0.25) is 10.0 Å². The number of benzene rings is 1. The van der Waals surface area contributed by atoms with Crippen LogP contribution in [0, 0.1) is 6.92 Å². The number of aryl methyl sites for hydroxylation is 1. The molecule has 3 aromatic heterocycles. The lowest BCUT2D eigenvalue weighted by atomic mass is 9.91. The van der Waals surface area contributed by atoms with Crippen LogP contribution in [0.3, 0.4) is 0 Å². The van der Waals surface area contributed by atoms with Gasteiger partial charge in [-0.1, -0.05) is 23.2 Å². The van der Waals surface area contributed by atoms with Crippen LogP contribution in [0.15, 0.2) is 36.8 Å². The smallest absolute Gasteiger partial charge is 0.410 e. The minimum Gasteiger partial charge on any atom is -0.444 e. The average molecular weight is 543 g/mol. The Labute approximate surface area is 222 Å². The molecule has 11 heteroatoms. The molecule has 36 heavy (non-hydrogen) atoms. The van der Waals surface area contributed by atoms with Crippen LogP contribution in [0.4, 0.5) is 16.4 Å². The number of pyridine rings is 1. The van der Waals surface area contributed by atoms with Gasteiger partial charge in [0.2, 0.25) is 0 Å². The number of aromatic nitrogens is 4. The van der Waals surface area contributed by atoms with E-state index in [4.69, 9.17) is 32.9 Å². The second-order valence-corrected chi connectivity index (χ2v) is 11.5. The third kappa shape index (κ3) is 5.09. The highest BCUT2D eigenvalue weighted by Crippen LogP contribution is 2.43. The van der Waals surface area contributed by atoms with Gasteiger partial charge >= 0.3 is 6.09 Å². The molecule has 4 heterocycles. The standard InChI is InChI=1S/C25H24Cl2N6O2S/c1-13-7-19(30-12-29-13)32-22-21-18(5-6-28-22)31-23(36-21)20-16(26)8-14(9-17(20)27)15-10-33(11-15)24(34)35-25(2,3)4/h5-9,12,15H,10-11H2,1-4H3,(H,28,29,30,32). The van der Waals surface area contributed by atoms with Gasteiger partial charge in [0.1, 0.15) is 22.8 Å². The van der Waals surface area contributed by atoms with Gasteiger partial charge in [-0.05, 0) is 51.5 Å². The van der Waals surface area contributed by atoms with Crippen molar-refractivity contribution in [3.05, 3.63) is 58.1 Å². The molecule has 0 unspecified atom stereocenters. The van der Waals surface area contributed by atoms with E-state index in [0.29, 0.717) is 45.3 Å². The molecule has 1 aromatic carbocycles. The summed E-state index contributed by atoms with van der Waals surface area (Å²) in [5.74, 6) is 1.45. The molecule has 1 aliphatic heterocycles. The van der Waals surface area contributed by atoms with Gasteiger partial charge in [-0.2, -0.15) is 0 Å². The number of halogens is 2. The van der Waals surface area contributed by atoms with Crippen LogP contribution in [0.25, 0.3) is 20.8 Å². The molecule has 0 spiro atoms. The van der Waals surface area contributed by atoms with Crippen LogP contribution < -0.4 is 5.32 Å². The Morgan fingerprint density at radius 2 is 1.86 bits per heavy atom. The number of nitrogens with one attached hydrogen (secondary N) is 1. The Morgan fingerprint density at radius 1 is 1.14 bits per heavy atom. The van der Waals surface area contributed by atoms with E-state index < -0.39 is 5.60 Å². The highest BCUT2D eigenvalue weighted by atomic mass is 35.5. The lowest BCUT2D eigenvalue weighted by Crippen LogP contribution is -2.50. The minimum absolute atomic E-state index is 0.147. The Kier molecular flexibility index (Phi) is 6.48. The third-order valence-electron chi connectivity index (χ3n) is 5.64. The average Bonchev–Trinajstić information content (AvgIpc) is 3.15. The number of amides is 1. The topological polar surface area (TPSA) is 93.1 Å². The molecule has 0 aliphatic carbocycles. The maximum Gasteiger partial charge on any atom is 0.410 e. The molecule has 1 amide bonds. The first-order chi connectivity index (χ1) is 17.1. The lowest BCUT2D eigenvalue weighted by Gasteiger charge is -2.40. The lowest BCUT2D eigenvalue weighted by molar-refractivity contribution is 0.00820. The molecule has 1 N–H and O–H groups in total. The third-order valence-corrected chi connectivity index (χ3v) is 7.33. The summed E-state index contributed by atoms with van der Waals surface area (Å²) in [6.07, 6.45) is 2.89. The van der Waals surface area contributed by atoms with Crippen molar-refractivity contribution in [2.24, 2.45) is 0 Å². The van der Waals surface area contributed by atoms with Crippen molar-refractivity contribution < 1.29 is 9.53 Å². The summed E-state index contributed by atoms with van der Waals surface area (Å²) in [4.78, 5) is 31.6. The summed E-state index contributed by atoms with van der Waals surface area (Å²) in [5, 5.41) is 4.98. The second-order valence-electron chi connectivity index (χ2n) is 9.64. The quantitative estimate of drug-likeness (QED) is 0.301. The zero-order chi connectivity index (χ0) is 25.6. The summed E-state index contributed by atoms with van der Waals surface area (Å²) >= 11 is 14.9. The molecule has 1 saturated heterocycles. The first-order valence-electron chi connectivity index (χ1n) is 11.4. The first kappa shape index (κ1) is 24.7. The van der Waals surface area contributed by atoms with Gasteiger partial charge < -0.3 is 15.0 Å². The molecule has 8 nitrogen and oxygen atoms in total. The molecule has 0 saturated carbocycles. The van der Waals surface area contributed by atoms with Crippen LogP contribution in [-0.4, -0.2) is 49.6 Å². The van der Waals surface area contributed by atoms with Gasteiger partial charge in [-0.15, -0.1) is 11.3 Å². The number of rotatable bonds is 4. The van der Waals surface area contributed by atoms with E-state index in [2.05, 4.69) is 20.3 Å². The highest BCUT2D eigenvalue weighted by molar-refractivity contribution is 7.22. The minimum atomic E-state index is -0.521. The predicted molar refractivity (Wildman–Crippen MR) is 143 cm³/mol. The fraction of sp³-hybridized carbons (Fsp3) is 0.320. The Hall–Kier alpha value is -3.01. The molecule has 0 radical (unpaired) electrons. The van der Waals surface area contributed by atoms with Crippen LogP contribution >= 0.6 is 34.5 Å². The summed E-state index contributed by atoms with van der Waals surface area (Å²) in [5.41, 5.74) is 2.77. The summed E-state index contributed by atoms with van der Waals surface area (Å²) in [6.45, 7) is 8.59. The number of ether oxygens (including phenoxy) is 1. The predicted octanol–water partition coefficient (Wildman–Crippen LogP) is 6.84. The number of carbonyl (C=O) groups is 1. The van der Waals surface area contributed by atoms with Crippen molar-refractivity contribution in [1.29, 1.82) is 0 Å². The van der Waals surface area contributed by atoms with E-state index in [1.165, 1.54) is 17.7 Å². The van der Waals surface area contributed by atoms with Crippen LogP contribution in [0.1, 0.15) is 37.9 Å². The maximum atomic E-state index is 12.3.